The van der Waals surface area contributed by atoms with Crippen molar-refractivity contribution in [2.24, 2.45) is 7.05 Å². The van der Waals surface area contributed by atoms with E-state index in [9.17, 15) is 8.42 Å². The van der Waals surface area contributed by atoms with Crippen molar-refractivity contribution in [3.8, 4) is 0 Å². The number of aromatic nitrogens is 2. The van der Waals surface area contributed by atoms with Gasteiger partial charge in [-0.1, -0.05) is 0 Å². The lowest BCUT2D eigenvalue weighted by atomic mass is 10.1. The summed E-state index contributed by atoms with van der Waals surface area (Å²) in [5.41, 5.74) is 8.77. The molecule has 1 aromatic heterocycles. The van der Waals surface area contributed by atoms with Crippen molar-refractivity contribution in [2.45, 2.75) is 25.7 Å². The van der Waals surface area contributed by atoms with Crippen LogP contribution >= 0.6 is 0 Å². The highest BCUT2D eigenvalue weighted by Crippen LogP contribution is 2.23. The predicted molar refractivity (Wildman–Crippen MR) is 79.1 cm³/mol. The van der Waals surface area contributed by atoms with Crippen LogP contribution in [0.25, 0.3) is 0 Å². The van der Waals surface area contributed by atoms with Gasteiger partial charge in [-0.2, -0.15) is 5.10 Å². The van der Waals surface area contributed by atoms with Crippen molar-refractivity contribution in [1.29, 1.82) is 0 Å². The second-order valence-corrected chi connectivity index (χ2v) is 6.54. The molecule has 7 heteroatoms. The van der Waals surface area contributed by atoms with Crippen LogP contribution in [0.4, 0.5) is 11.5 Å². The zero-order valence-corrected chi connectivity index (χ0v) is 12.7. The van der Waals surface area contributed by atoms with Gasteiger partial charge in [0, 0.05) is 18.8 Å². The zero-order chi connectivity index (χ0) is 15.1. The van der Waals surface area contributed by atoms with Gasteiger partial charge < -0.3 is 5.73 Å². The molecule has 0 aliphatic rings. The molecular weight excluding hydrogens is 276 g/mol. The summed E-state index contributed by atoms with van der Waals surface area (Å²) in [6, 6.07) is 4.74. The van der Waals surface area contributed by atoms with E-state index in [0.29, 0.717) is 11.5 Å². The minimum atomic E-state index is -3.68. The largest absolute Gasteiger partial charge is 0.398 e. The lowest BCUT2D eigenvalue weighted by Gasteiger charge is -2.11. The van der Waals surface area contributed by atoms with Gasteiger partial charge in [0.25, 0.3) is 10.0 Å². The molecule has 1 heterocycles. The third-order valence-corrected chi connectivity index (χ3v) is 4.57. The highest BCUT2D eigenvalue weighted by atomic mass is 32.2. The van der Waals surface area contributed by atoms with Crippen molar-refractivity contribution in [3.63, 3.8) is 0 Å². The molecule has 0 saturated heterocycles. The monoisotopic (exact) mass is 294 g/mol. The van der Waals surface area contributed by atoms with Crippen molar-refractivity contribution < 1.29 is 8.42 Å². The van der Waals surface area contributed by atoms with Crippen LogP contribution in [0.2, 0.25) is 0 Å². The Kier molecular flexibility index (Phi) is 3.47. The normalized spacial score (nSPS) is 11.6. The topological polar surface area (TPSA) is 90.0 Å². The number of hydrogen-bond donors (Lipinski definition) is 2. The molecule has 0 bridgehead atoms. The van der Waals surface area contributed by atoms with Gasteiger partial charge in [-0.3, -0.25) is 9.40 Å². The minimum absolute atomic E-state index is 0.150. The Balaban J connectivity index is 2.43. The smallest absolute Gasteiger partial charge is 0.263 e. The summed E-state index contributed by atoms with van der Waals surface area (Å²) in [6.07, 6.45) is 0. The first-order valence-electron chi connectivity index (χ1n) is 6.11. The average Bonchev–Trinajstić information content (AvgIpc) is 2.63. The molecule has 2 aromatic rings. The van der Waals surface area contributed by atoms with Crippen molar-refractivity contribution in [1.82, 2.24) is 9.78 Å². The molecule has 0 unspecified atom stereocenters. The van der Waals surface area contributed by atoms with Crippen LogP contribution in [0.5, 0.6) is 0 Å². The number of sulfonamides is 1. The third-order valence-electron chi connectivity index (χ3n) is 3.23. The molecule has 0 spiro atoms. The Bertz CT molecular complexity index is 740. The number of hydrogen-bond acceptors (Lipinski definition) is 4. The summed E-state index contributed by atoms with van der Waals surface area (Å²) in [4.78, 5) is 0.150. The van der Waals surface area contributed by atoms with E-state index in [1.54, 1.807) is 26.1 Å². The number of anilines is 2. The van der Waals surface area contributed by atoms with Crippen LogP contribution < -0.4 is 10.5 Å². The summed E-state index contributed by atoms with van der Waals surface area (Å²) in [6.45, 7) is 5.49. The number of nitrogen functional groups attached to an aromatic ring is 1. The van der Waals surface area contributed by atoms with E-state index in [2.05, 4.69) is 9.82 Å². The fraction of sp³-hybridized carbons (Fsp3) is 0.308. The molecule has 108 valence electrons. The quantitative estimate of drug-likeness (QED) is 0.844. The van der Waals surface area contributed by atoms with E-state index in [0.717, 1.165) is 16.8 Å². The van der Waals surface area contributed by atoms with Crippen LogP contribution in [-0.2, 0) is 17.1 Å². The molecule has 3 N–H and O–H groups in total. The number of nitrogens with two attached hydrogens (primary N) is 1. The first-order valence-corrected chi connectivity index (χ1v) is 7.59. The fourth-order valence-electron chi connectivity index (χ4n) is 1.91. The number of benzene rings is 1. The molecule has 6 nitrogen and oxygen atoms in total. The van der Waals surface area contributed by atoms with Gasteiger partial charge in [-0.25, -0.2) is 8.42 Å². The summed E-state index contributed by atoms with van der Waals surface area (Å²) >= 11 is 0. The fourth-order valence-corrected chi connectivity index (χ4v) is 3.11. The van der Waals surface area contributed by atoms with Crippen LogP contribution in [0.1, 0.15) is 16.8 Å². The molecule has 0 atom stereocenters. The van der Waals surface area contributed by atoms with Crippen LogP contribution in [0, 0.1) is 20.8 Å². The van der Waals surface area contributed by atoms with E-state index in [1.807, 2.05) is 13.8 Å². The van der Waals surface area contributed by atoms with Gasteiger partial charge in [0.1, 0.15) is 5.82 Å². The van der Waals surface area contributed by atoms with Gasteiger partial charge in [-0.05, 0) is 44.0 Å². The molecule has 1 aromatic carbocycles. The molecule has 0 saturated carbocycles. The first-order chi connectivity index (χ1) is 9.20. The SMILES string of the molecule is Cc1cc(NS(=O)(=O)c2cc(C)c(C)c(N)c2)n(C)n1. The Hall–Kier alpha value is -2.02. The highest BCUT2D eigenvalue weighted by molar-refractivity contribution is 7.92. The van der Waals surface area contributed by atoms with E-state index < -0.39 is 10.0 Å². The minimum Gasteiger partial charge on any atom is -0.398 e. The van der Waals surface area contributed by atoms with Crippen molar-refractivity contribution >= 4 is 21.5 Å². The molecule has 0 fully saturated rings. The average molecular weight is 294 g/mol. The molecule has 0 aliphatic carbocycles. The summed E-state index contributed by atoms with van der Waals surface area (Å²) in [5, 5.41) is 4.10. The number of nitrogens with one attached hydrogen (secondary N) is 1. The summed E-state index contributed by atoms with van der Waals surface area (Å²) in [7, 11) is -1.99. The highest BCUT2D eigenvalue weighted by Gasteiger charge is 2.18. The first kappa shape index (κ1) is 14.4. The lowest BCUT2D eigenvalue weighted by Crippen LogP contribution is -2.16. The van der Waals surface area contributed by atoms with Crippen molar-refractivity contribution in [2.75, 3.05) is 10.5 Å². The van der Waals surface area contributed by atoms with E-state index >= 15 is 0 Å². The standard InChI is InChI=1S/C13H18N4O2S/c1-8-5-11(7-12(14)10(8)3)20(18,19)16-13-6-9(2)15-17(13)4/h5-7,16H,14H2,1-4H3. The molecule has 0 aliphatic heterocycles. The Morgan fingerprint density at radius 2 is 1.85 bits per heavy atom. The van der Waals surface area contributed by atoms with E-state index in [-0.39, 0.29) is 4.90 Å². The van der Waals surface area contributed by atoms with Crippen LogP contribution in [0.3, 0.4) is 0 Å². The van der Waals surface area contributed by atoms with Gasteiger partial charge in [0.05, 0.1) is 10.6 Å². The Labute approximate surface area is 118 Å². The van der Waals surface area contributed by atoms with Crippen LogP contribution in [-0.4, -0.2) is 18.2 Å². The van der Waals surface area contributed by atoms with E-state index in [1.165, 1.54) is 10.7 Å². The molecule has 2 rings (SSSR count). The molecule has 0 radical (unpaired) electrons. The second-order valence-electron chi connectivity index (χ2n) is 4.85. The molecular formula is C13H18N4O2S. The number of nitrogens with zero attached hydrogens (tertiary/aromatic N) is 2. The van der Waals surface area contributed by atoms with Gasteiger partial charge in [0.15, 0.2) is 0 Å². The van der Waals surface area contributed by atoms with Gasteiger partial charge in [-0.15, -0.1) is 0 Å². The zero-order valence-electron chi connectivity index (χ0n) is 11.9. The number of rotatable bonds is 3. The predicted octanol–water partition coefficient (Wildman–Crippen LogP) is 1.73. The second kappa shape index (κ2) is 4.82. The summed E-state index contributed by atoms with van der Waals surface area (Å²) in [5.74, 6) is 0.416. The van der Waals surface area contributed by atoms with E-state index in [4.69, 9.17) is 5.73 Å². The Morgan fingerprint density at radius 3 is 2.35 bits per heavy atom. The Morgan fingerprint density at radius 1 is 1.20 bits per heavy atom. The van der Waals surface area contributed by atoms with Gasteiger partial charge >= 0.3 is 0 Å². The third kappa shape index (κ3) is 2.62. The lowest BCUT2D eigenvalue weighted by molar-refractivity contribution is 0.600. The maximum Gasteiger partial charge on any atom is 0.263 e. The summed E-state index contributed by atoms with van der Waals surface area (Å²) < 4.78 is 28.7. The molecule has 20 heavy (non-hydrogen) atoms. The van der Waals surface area contributed by atoms with Crippen LogP contribution in [0.15, 0.2) is 23.1 Å². The number of aryl methyl sites for hydroxylation is 3. The molecule has 0 amide bonds. The maximum absolute atomic E-state index is 12.4. The van der Waals surface area contributed by atoms with Gasteiger partial charge in [0.2, 0.25) is 0 Å². The van der Waals surface area contributed by atoms with Crippen molar-refractivity contribution in [3.05, 3.63) is 35.0 Å². The maximum atomic E-state index is 12.4.